The molecule has 0 saturated carbocycles. The number of nitrogens with one attached hydrogen (secondary N) is 2. The number of benzene rings is 2. The molecular formula is C21H24BrN3O3. The number of amides is 3. The van der Waals surface area contributed by atoms with E-state index in [0.717, 1.165) is 10.0 Å². The number of aryl methyl sites for hydroxylation is 1. The molecule has 3 amide bonds. The second kappa shape index (κ2) is 10.0. The average Bonchev–Trinajstić information content (AvgIpc) is 2.64. The molecule has 0 aromatic heterocycles. The Morgan fingerprint density at radius 1 is 1.11 bits per heavy atom. The maximum Gasteiger partial charge on any atom is 0.251 e. The second-order valence-corrected chi connectivity index (χ2v) is 7.62. The summed E-state index contributed by atoms with van der Waals surface area (Å²) in [4.78, 5) is 38.1. The molecule has 28 heavy (non-hydrogen) atoms. The van der Waals surface area contributed by atoms with Gasteiger partial charge in [0.1, 0.15) is 0 Å². The third-order valence-corrected chi connectivity index (χ3v) is 4.66. The van der Waals surface area contributed by atoms with Crippen molar-refractivity contribution in [3.8, 4) is 0 Å². The van der Waals surface area contributed by atoms with Gasteiger partial charge in [0.15, 0.2) is 0 Å². The molecule has 0 aliphatic carbocycles. The van der Waals surface area contributed by atoms with E-state index in [1.165, 1.54) is 4.90 Å². The normalized spacial score (nSPS) is 11.4. The molecule has 0 saturated heterocycles. The van der Waals surface area contributed by atoms with Gasteiger partial charge in [0, 0.05) is 35.2 Å². The summed E-state index contributed by atoms with van der Waals surface area (Å²) < 4.78 is 0.932. The summed E-state index contributed by atoms with van der Waals surface area (Å²) in [5.41, 5.74) is 2.17. The van der Waals surface area contributed by atoms with E-state index in [9.17, 15) is 14.4 Å². The van der Waals surface area contributed by atoms with Crippen molar-refractivity contribution in [1.82, 2.24) is 10.2 Å². The molecule has 0 unspecified atom stereocenters. The Balaban J connectivity index is 1.82. The van der Waals surface area contributed by atoms with Crippen LogP contribution >= 0.6 is 15.9 Å². The number of halogens is 1. The van der Waals surface area contributed by atoms with Crippen LogP contribution in [0.4, 0.5) is 5.69 Å². The number of hydrogen-bond acceptors (Lipinski definition) is 3. The predicted molar refractivity (Wildman–Crippen MR) is 113 cm³/mol. The number of rotatable bonds is 7. The lowest BCUT2D eigenvalue weighted by atomic mass is 10.1. The lowest BCUT2D eigenvalue weighted by molar-refractivity contribution is -0.133. The minimum absolute atomic E-state index is 0.0618. The lowest BCUT2D eigenvalue weighted by Crippen LogP contribution is -2.40. The molecule has 0 fully saturated rings. The number of carbonyl (C=O) groups excluding carboxylic acids is 3. The Morgan fingerprint density at radius 3 is 2.43 bits per heavy atom. The molecule has 148 valence electrons. The van der Waals surface area contributed by atoms with Gasteiger partial charge < -0.3 is 15.5 Å². The molecule has 0 aliphatic rings. The largest absolute Gasteiger partial charge is 0.349 e. The Morgan fingerprint density at radius 2 is 1.79 bits per heavy atom. The molecule has 0 heterocycles. The van der Waals surface area contributed by atoms with E-state index in [-0.39, 0.29) is 36.7 Å². The van der Waals surface area contributed by atoms with E-state index in [1.807, 2.05) is 25.1 Å². The van der Waals surface area contributed by atoms with Crippen LogP contribution in [0.5, 0.6) is 0 Å². The van der Waals surface area contributed by atoms with E-state index in [4.69, 9.17) is 0 Å². The predicted octanol–water partition coefficient (Wildman–Crippen LogP) is 3.36. The minimum atomic E-state index is -0.348. The number of carbonyl (C=O) groups is 3. The van der Waals surface area contributed by atoms with E-state index >= 15 is 0 Å². The Labute approximate surface area is 173 Å². The first-order chi connectivity index (χ1) is 13.3. The first kappa shape index (κ1) is 21.6. The van der Waals surface area contributed by atoms with Gasteiger partial charge in [0.25, 0.3) is 5.91 Å². The van der Waals surface area contributed by atoms with E-state index in [2.05, 4.69) is 26.6 Å². The third-order valence-electron chi connectivity index (χ3n) is 4.16. The third kappa shape index (κ3) is 6.49. The van der Waals surface area contributed by atoms with Crippen LogP contribution in [0.2, 0.25) is 0 Å². The molecule has 0 spiro atoms. The van der Waals surface area contributed by atoms with Gasteiger partial charge in [-0.3, -0.25) is 14.4 Å². The molecule has 2 aromatic rings. The first-order valence-corrected chi connectivity index (χ1v) is 9.71. The van der Waals surface area contributed by atoms with Crippen LogP contribution in [0.15, 0.2) is 53.0 Å². The quantitative estimate of drug-likeness (QED) is 0.685. The van der Waals surface area contributed by atoms with Crippen molar-refractivity contribution >= 4 is 39.3 Å². The van der Waals surface area contributed by atoms with Crippen molar-refractivity contribution in [2.75, 3.05) is 18.9 Å². The van der Waals surface area contributed by atoms with E-state index in [0.29, 0.717) is 11.3 Å². The summed E-state index contributed by atoms with van der Waals surface area (Å²) in [5, 5.41) is 5.60. The number of hydrogen-bond donors (Lipinski definition) is 2. The number of anilines is 1. The van der Waals surface area contributed by atoms with Crippen LogP contribution < -0.4 is 10.6 Å². The summed E-state index contributed by atoms with van der Waals surface area (Å²) in [6, 6.07) is 14.0. The maximum absolute atomic E-state index is 12.4. The summed E-state index contributed by atoms with van der Waals surface area (Å²) in [5.74, 6) is -0.724. The lowest BCUT2D eigenvalue weighted by Gasteiger charge is -2.20. The van der Waals surface area contributed by atoms with Gasteiger partial charge in [-0.2, -0.15) is 0 Å². The summed E-state index contributed by atoms with van der Waals surface area (Å²) >= 11 is 3.38. The molecule has 1 atom stereocenters. The van der Waals surface area contributed by atoms with Crippen molar-refractivity contribution < 1.29 is 14.4 Å². The fourth-order valence-electron chi connectivity index (χ4n) is 2.63. The van der Waals surface area contributed by atoms with Crippen LogP contribution in [0.3, 0.4) is 0 Å². The minimum Gasteiger partial charge on any atom is -0.349 e. The monoisotopic (exact) mass is 445 g/mol. The topological polar surface area (TPSA) is 78.5 Å². The van der Waals surface area contributed by atoms with Gasteiger partial charge in [0.05, 0.1) is 6.54 Å². The van der Waals surface area contributed by atoms with E-state index < -0.39 is 0 Å². The highest BCUT2D eigenvalue weighted by atomic mass is 79.9. The molecule has 0 bridgehead atoms. The number of likely N-dealkylation sites (N-methyl/N-ethyl adjacent to an activating group) is 1. The molecule has 7 heteroatoms. The molecule has 2 N–H and O–H groups in total. The number of nitrogens with zero attached hydrogens (tertiary/aromatic N) is 1. The van der Waals surface area contributed by atoms with Crippen molar-refractivity contribution in [2.45, 2.75) is 26.3 Å². The summed E-state index contributed by atoms with van der Waals surface area (Å²) in [6.07, 6.45) is 0.111. The van der Waals surface area contributed by atoms with Crippen LogP contribution in [0.25, 0.3) is 0 Å². The first-order valence-electron chi connectivity index (χ1n) is 8.92. The summed E-state index contributed by atoms with van der Waals surface area (Å²) in [7, 11) is 1.57. The maximum atomic E-state index is 12.4. The van der Waals surface area contributed by atoms with Crippen molar-refractivity contribution in [1.29, 1.82) is 0 Å². The zero-order valence-electron chi connectivity index (χ0n) is 16.2. The van der Waals surface area contributed by atoms with Crippen molar-refractivity contribution in [2.24, 2.45) is 0 Å². The molecule has 2 aromatic carbocycles. The zero-order valence-corrected chi connectivity index (χ0v) is 17.7. The summed E-state index contributed by atoms with van der Waals surface area (Å²) in [6.45, 7) is 3.60. The molecular weight excluding hydrogens is 422 g/mol. The Hall–Kier alpha value is -2.67. The van der Waals surface area contributed by atoms with Gasteiger partial charge in [-0.05, 0) is 49.7 Å². The fraction of sp³-hybridized carbons (Fsp3) is 0.286. The Kier molecular flexibility index (Phi) is 7.75. The standard InChI is InChI=1S/C21H24BrN3O3/c1-14-11-17(22)9-10-18(14)24-19(26)13-25(3)20(27)12-15(2)23-21(28)16-7-5-4-6-8-16/h4-11,15H,12-13H2,1-3H3,(H,23,28)(H,24,26)/t15-/m0/s1. The van der Waals surface area contributed by atoms with Crippen molar-refractivity contribution in [3.63, 3.8) is 0 Å². The molecule has 2 rings (SSSR count). The van der Waals surface area contributed by atoms with Crippen LogP contribution in [0, 0.1) is 6.92 Å². The fourth-order valence-corrected chi connectivity index (χ4v) is 3.10. The van der Waals surface area contributed by atoms with Gasteiger partial charge >= 0.3 is 0 Å². The average molecular weight is 446 g/mol. The van der Waals surface area contributed by atoms with Gasteiger partial charge in [-0.1, -0.05) is 34.1 Å². The zero-order chi connectivity index (χ0) is 20.7. The van der Waals surface area contributed by atoms with Gasteiger partial charge in [0.2, 0.25) is 11.8 Å². The highest BCUT2D eigenvalue weighted by molar-refractivity contribution is 9.10. The van der Waals surface area contributed by atoms with E-state index in [1.54, 1.807) is 44.3 Å². The molecule has 6 nitrogen and oxygen atoms in total. The highest BCUT2D eigenvalue weighted by Gasteiger charge is 2.18. The SMILES string of the molecule is Cc1cc(Br)ccc1NC(=O)CN(C)C(=O)C[C@H](C)NC(=O)c1ccccc1. The Bertz CT molecular complexity index is 855. The van der Waals surface area contributed by atoms with Crippen molar-refractivity contribution in [3.05, 3.63) is 64.1 Å². The molecule has 0 radical (unpaired) electrons. The smallest absolute Gasteiger partial charge is 0.251 e. The second-order valence-electron chi connectivity index (χ2n) is 6.70. The highest BCUT2D eigenvalue weighted by Crippen LogP contribution is 2.19. The van der Waals surface area contributed by atoms with Crippen LogP contribution in [-0.2, 0) is 9.59 Å². The van der Waals surface area contributed by atoms with Crippen LogP contribution in [-0.4, -0.2) is 42.3 Å². The molecule has 0 aliphatic heterocycles. The van der Waals surface area contributed by atoms with Gasteiger partial charge in [-0.25, -0.2) is 0 Å². The van der Waals surface area contributed by atoms with Crippen LogP contribution in [0.1, 0.15) is 29.3 Å². The van der Waals surface area contributed by atoms with Gasteiger partial charge in [-0.15, -0.1) is 0 Å².